The zero-order chi connectivity index (χ0) is 18.7. The lowest BCUT2D eigenvalue weighted by Gasteiger charge is -2.42. The van der Waals surface area contributed by atoms with Crippen molar-refractivity contribution in [1.29, 1.82) is 0 Å². The van der Waals surface area contributed by atoms with E-state index in [0.29, 0.717) is 26.2 Å². The minimum atomic E-state index is -0.517. The maximum absolute atomic E-state index is 12.5. The summed E-state index contributed by atoms with van der Waals surface area (Å²) < 4.78 is 5.18. The highest BCUT2D eigenvalue weighted by Crippen LogP contribution is 2.25. The fourth-order valence-corrected chi connectivity index (χ4v) is 3.87. The van der Waals surface area contributed by atoms with Gasteiger partial charge in [0.05, 0.1) is 18.7 Å². The highest BCUT2D eigenvalue weighted by atomic mass is 32.1. The molecule has 0 atom stereocenters. The fraction of sp³-hybridized carbons (Fsp3) is 0.444. The summed E-state index contributed by atoms with van der Waals surface area (Å²) >= 11 is 1.44. The maximum atomic E-state index is 12.5. The summed E-state index contributed by atoms with van der Waals surface area (Å²) in [5, 5.41) is 9.89. The molecule has 1 saturated heterocycles. The highest BCUT2D eigenvalue weighted by Gasteiger charge is 2.40. The number of piperazine rings is 1. The average molecular weight is 374 g/mol. The van der Waals surface area contributed by atoms with Crippen LogP contribution in [0.25, 0.3) is 10.6 Å². The zero-order valence-corrected chi connectivity index (χ0v) is 16.0. The molecule has 0 unspecified atom stereocenters. The van der Waals surface area contributed by atoms with Crippen molar-refractivity contribution in [2.75, 3.05) is 26.8 Å². The van der Waals surface area contributed by atoms with Gasteiger partial charge in [0.25, 0.3) is 0 Å². The number of methoxy groups -OCH3 is 1. The molecule has 1 fully saturated rings. The Morgan fingerprint density at radius 3 is 2.54 bits per heavy atom. The lowest BCUT2D eigenvalue weighted by molar-refractivity contribution is -0.161. The second-order valence-electron chi connectivity index (χ2n) is 6.80. The molecule has 0 aliphatic carbocycles. The van der Waals surface area contributed by atoms with Crippen LogP contribution >= 0.6 is 11.3 Å². The summed E-state index contributed by atoms with van der Waals surface area (Å²) in [6.45, 7) is 5.42. The molecule has 3 rings (SSSR count). The van der Waals surface area contributed by atoms with Crippen molar-refractivity contribution in [1.82, 2.24) is 20.0 Å². The van der Waals surface area contributed by atoms with E-state index in [0.717, 1.165) is 15.6 Å². The van der Waals surface area contributed by atoms with E-state index in [9.17, 15) is 9.59 Å². The first-order chi connectivity index (χ1) is 12.4. The summed E-state index contributed by atoms with van der Waals surface area (Å²) in [6.07, 6.45) is 0. The van der Waals surface area contributed by atoms with Gasteiger partial charge >= 0.3 is 11.8 Å². The van der Waals surface area contributed by atoms with Crippen molar-refractivity contribution < 1.29 is 14.3 Å². The number of carbonyl (C=O) groups is 2. The Labute approximate surface area is 156 Å². The fourth-order valence-electron chi connectivity index (χ4n) is 3.01. The van der Waals surface area contributed by atoms with Crippen LogP contribution in [-0.2, 0) is 20.9 Å². The monoisotopic (exact) mass is 374 g/mol. The van der Waals surface area contributed by atoms with Gasteiger partial charge in [-0.15, -0.1) is 10.2 Å². The average Bonchev–Trinajstić information content (AvgIpc) is 3.08. The van der Waals surface area contributed by atoms with Crippen LogP contribution in [0.15, 0.2) is 30.3 Å². The van der Waals surface area contributed by atoms with Crippen molar-refractivity contribution in [2.45, 2.75) is 25.9 Å². The first-order valence-corrected chi connectivity index (χ1v) is 9.21. The van der Waals surface area contributed by atoms with Gasteiger partial charge in [-0.25, -0.2) is 0 Å². The molecule has 7 nitrogen and oxygen atoms in total. The van der Waals surface area contributed by atoms with E-state index in [1.54, 1.807) is 12.0 Å². The molecule has 0 radical (unpaired) electrons. The van der Waals surface area contributed by atoms with E-state index in [2.05, 4.69) is 10.2 Å². The predicted molar refractivity (Wildman–Crippen MR) is 98.4 cm³/mol. The number of amides is 2. The van der Waals surface area contributed by atoms with E-state index < -0.39 is 17.4 Å². The van der Waals surface area contributed by atoms with E-state index in [-0.39, 0.29) is 0 Å². The summed E-state index contributed by atoms with van der Waals surface area (Å²) in [5.41, 5.74) is 0.473. The predicted octanol–water partition coefficient (Wildman–Crippen LogP) is 1.80. The zero-order valence-electron chi connectivity index (χ0n) is 15.1. The van der Waals surface area contributed by atoms with Gasteiger partial charge < -0.3 is 14.5 Å². The molecule has 0 spiro atoms. The Balaban J connectivity index is 1.68. The molecule has 1 aliphatic rings. The summed E-state index contributed by atoms with van der Waals surface area (Å²) in [5.74, 6) is -0.997. The van der Waals surface area contributed by atoms with Crippen LogP contribution < -0.4 is 0 Å². The van der Waals surface area contributed by atoms with Crippen molar-refractivity contribution in [3.63, 3.8) is 0 Å². The molecular weight excluding hydrogens is 352 g/mol. The number of aromatic nitrogens is 2. The standard InChI is InChI=1S/C18H22N4O3S/c1-18(2,12-25-3)22-10-9-21(16(23)17(22)24)11-14-19-20-15(26-14)13-7-5-4-6-8-13/h4-8H,9-12H2,1-3H3. The summed E-state index contributed by atoms with van der Waals surface area (Å²) in [4.78, 5) is 28.2. The van der Waals surface area contributed by atoms with Crippen LogP contribution in [0.1, 0.15) is 18.9 Å². The quantitative estimate of drug-likeness (QED) is 0.721. The summed E-state index contributed by atoms with van der Waals surface area (Å²) in [6, 6.07) is 9.77. The third-order valence-corrected chi connectivity index (χ3v) is 5.31. The number of rotatable bonds is 6. The van der Waals surface area contributed by atoms with E-state index in [4.69, 9.17) is 4.74 Å². The first kappa shape index (κ1) is 18.5. The van der Waals surface area contributed by atoms with Crippen molar-refractivity contribution in [3.05, 3.63) is 35.3 Å². The molecule has 0 bridgehead atoms. The summed E-state index contributed by atoms with van der Waals surface area (Å²) in [7, 11) is 1.59. The molecule has 0 saturated carbocycles. The van der Waals surface area contributed by atoms with Gasteiger partial charge in [-0.3, -0.25) is 9.59 Å². The lowest BCUT2D eigenvalue weighted by atomic mass is 10.0. The second kappa shape index (κ2) is 7.51. The molecule has 26 heavy (non-hydrogen) atoms. The molecule has 2 heterocycles. The molecule has 1 aromatic heterocycles. The van der Waals surface area contributed by atoms with E-state index >= 15 is 0 Å². The van der Waals surface area contributed by atoms with Crippen LogP contribution in [0, 0.1) is 0 Å². The van der Waals surface area contributed by atoms with Crippen LogP contribution in [0.4, 0.5) is 0 Å². The number of ether oxygens (including phenoxy) is 1. The molecule has 0 N–H and O–H groups in total. The van der Waals surface area contributed by atoms with Crippen molar-refractivity contribution >= 4 is 23.2 Å². The lowest BCUT2D eigenvalue weighted by Crippen LogP contribution is -2.61. The molecule has 1 aromatic carbocycles. The number of hydrogen-bond acceptors (Lipinski definition) is 6. The van der Waals surface area contributed by atoms with Gasteiger partial charge in [-0.1, -0.05) is 41.7 Å². The van der Waals surface area contributed by atoms with E-state index in [1.165, 1.54) is 16.2 Å². The van der Waals surface area contributed by atoms with Gasteiger partial charge in [-0.2, -0.15) is 0 Å². The Morgan fingerprint density at radius 1 is 1.12 bits per heavy atom. The molecule has 2 amide bonds. The van der Waals surface area contributed by atoms with Gasteiger partial charge in [0.15, 0.2) is 0 Å². The Hall–Kier alpha value is -2.32. The van der Waals surface area contributed by atoms with Gasteiger partial charge in [0.1, 0.15) is 10.0 Å². The topological polar surface area (TPSA) is 75.6 Å². The molecular formula is C18H22N4O3S. The first-order valence-electron chi connectivity index (χ1n) is 8.40. The SMILES string of the molecule is COCC(C)(C)N1CCN(Cc2nnc(-c3ccccc3)s2)C(=O)C1=O. The van der Waals surface area contributed by atoms with Gasteiger partial charge in [0.2, 0.25) is 0 Å². The highest BCUT2D eigenvalue weighted by molar-refractivity contribution is 7.14. The van der Waals surface area contributed by atoms with E-state index in [1.807, 2.05) is 44.2 Å². The maximum Gasteiger partial charge on any atom is 0.312 e. The van der Waals surface area contributed by atoms with Crippen LogP contribution in [-0.4, -0.2) is 64.2 Å². The normalized spacial score (nSPS) is 15.7. The third kappa shape index (κ3) is 3.76. The Bertz CT molecular complexity index is 791. The van der Waals surface area contributed by atoms with Crippen LogP contribution in [0.3, 0.4) is 0 Å². The van der Waals surface area contributed by atoms with Crippen LogP contribution in [0.5, 0.6) is 0 Å². The number of carbonyl (C=O) groups excluding carboxylic acids is 2. The molecule has 8 heteroatoms. The van der Waals surface area contributed by atoms with Crippen molar-refractivity contribution in [2.24, 2.45) is 0 Å². The van der Waals surface area contributed by atoms with Crippen LogP contribution in [0.2, 0.25) is 0 Å². The van der Waals surface area contributed by atoms with Gasteiger partial charge in [-0.05, 0) is 13.8 Å². The molecule has 138 valence electrons. The number of nitrogens with zero attached hydrogens (tertiary/aromatic N) is 4. The second-order valence-corrected chi connectivity index (χ2v) is 7.86. The third-order valence-electron chi connectivity index (χ3n) is 4.35. The minimum absolute atomic E-state index is 0.299. The Morgan fingerprint density at radius 2 is 1.85 bits per heavy atom. The largest absolute Gasteiger partial charge is 0.382 e. The minimum Gasteiger partial charge on any atom is -0.382 e. The number of hydrogen-bond donors (Lipinski definition) is 0. The van der Waals surface area contributed by atoms with Gasteiger partial charge in [0, 0.05) is 25.8 Å². The Kier molecular flexibility index (Phi) is 5.33. The smallest absolute Gasteiger partial charge is 0.312 e. The van der Waals surface area contributed by atoms with Crippen molar-refractivity contribution in [3.8, 4) is 10.6 Å². The molecule has 2 aromatic rings. The molecule has 1 aliphatic heterocycles. The number of benzene rings is 1.